The summed E-state index contributed by atoms with van der Waals surface area (Å²) < 4.78 is 10.9. The van der Waals surface area contributed by atoms with Gasteiger partial charge in [0, 0.05) is 5.56 Å². The lowest BCUT2D eigenvalue weighted by Crippen LogP contribution is -2.22. The average Bonchev–Trinajstić information content (AvgIpc) is 2.39. The molecule has 2 aromatic rings. The van der Waals surface area contributed by atoms with Crippen LogP contribution in [0.1, 0.15) is 13.8 Å². The molecule has 0 fully saturated rings. The molecule has 100 valence electrons. The first kappa shape index (κ1) is 13.6. The van der Waals surface area contributed by atoms with Gasteiger partial charge in [0.25, 0.3) is 0 Å². The van der Waals surface area contributed by atoms with Crippen LogP contribution in [0.4, 0.5) is 0 Å². The van der Waals surface area contributed by atoms with Crippen LogP contribution in [0.15, 0.2) is 54.6 Å². The number of benzene rings is 2. The van der Waals surface area contributed by atoms with Crippen molar-refractivity contribution < 1.29 is 14.6 Å². The van der Waals surface area contributed by atoms with Crippen molar-refractivity contribution in [3.8, 4) is 16.9 Å². The second kappa shape index (κ2) is 6.36. The quantitative estimate of drug-likeness (QED) is 0.835. The van der Waals surface area contributed by atoms with E-state index in [-0.39, 0.29) is 0 Å². The molecular weight excluding hydrogens is 240 g/mol. The molecule has 0 aromatic heterocycles. The first-order valence-corrected chi connectivity index (χ1v) is 6.31. The molecule has 2 aromatic carbocycles. The van der Waals surface area contributed by atoms with Crippen LogP contribution in [0.25, 0.3) is 11.1 Å². The van der Waals surface area contributed by atoms with Crippen LogP contribution in [-0.2, 0) is 4.74 Å². The molecule has 1 N–H and O–H groups in total. The van der Waals surface area contributed by atoms with Gasteiger partial charge in [0.1, 0.15) is 5.75 Å². The molecule has 0 bridgehead atoms. The summed E-state index contributed by atoms with van der Waals surface area (Å²) in [5.41, 5.74) is 2.09. The smallest absolute Gasteiger partial charge is 0.199 e. The number of hydrogen-bond donors (Lipinski definition) is 1. The Morgan fingerprint density at radius 3 is 2.21 bits per heavy atom. The minimum atomic E-state index is -0.848. The van der Waals surface area contributed by atoms with Crippen molar-refractivity contribution in [1.29, 1.82) is 0 Å². The third-order valence-electron chi connectivity index (χ3n) is 2.65. The molecular formula is C16H18O3. The third-order valence-corrected chi connectivity index (χ3v) is 2.65. The fraction of sp³-hybridized carbons (Fsp3) is 0.250. The van der Waals surface area contributed by atoms with Gasteiger partial charge in [0.2, 0.25) is 0 Å². The van der Waals surface area contributed by atoms with E-state index in [1.165, 1.54) is 0 Å². The summed E-state index contributed by atoms with van der Waals surface area (Å²) in [6, 6.07) is 17.8. The van der Waals surface area contributed by atoms with Gasteiger partial charge in [0.05, 0.1) is 0 Å². The Labute approximate surface area is 113 Å². The van der Waals surface area contributed by atoms with Crippen LogP contribution in [-0.4, -0.2) is 17.7 Å². The molecule has 3 nitrogen and oxygen atoms in total. The summed E-state index contributed by atoms with van der Waals surface area (Å²) in [5.74, 6) is 0.738. The molecule has 0 radical (unpaired) electrons. The van der Waals surface area contributed by atoms with Crippen molar-refractivity contribution in [2.45, 2.75) is 26.4 Å². The summed E-state index contributed by atoms with van der Waals surface area (Å²) in [7, 11) is 0. The van der Waals surface area contributed by atoms with Gasteiger partial charge in [-0.25, -0.2) is 0 Å². The Hall–Kier alpha value is -1.84. The van der Waals surface area contributed by atoms with Crippen LogP contribution >= 0.6 is 0 Å². The molecule has 2 rings (SSSR count). The van der Waals surface area contributed by atoms with Crippen LogP contribution in [0.3, 0.4) is 0 Å². The zero-order valence-electron chi connectivity index (χ0n) is 11.1. The van der Waals surface area contributed by atoms with Crippen LogP contribution in [0.5, 0.6) is 5.75 Å². The molecule has 0 heterocycles. The molecule has 0 saturated heterocycles. The van der Waals surface area contributed by atoms with E-state index in [9.17, 15) is 5.11 Å². The van der Waals surface area contributed by atoms with Gasteiger partial charge in [-0.05, 0) is 25.5 Å². The van der Waals surface area contributed by atoms with Crippen molar-refractivity contribution in [3.63, 3.8) is 0 Å². The van der Waals surface area contributed by atoms with Gasteiger partial charge in [-0.2, -0.15) is 0 Å². The molecule has 2 unspecified atom stereocenters. The fourth-order valence-electron chi connectivity index (χ4n) is 1.91. The second-order valence-corrected chi connectivity index (χ2v) is 4.28. The van der Waals surface area contributed by atoms with Crippen LogP contribution in [0.2, 0.25) is 0 Å². The molecule has 2 atom stereocenters. The van der Waals surface area contributed by atoms with E-state index in [1.807, 2.05) is 54.6 Å². The molecule has 0 spiro atoms. The van der Waals surface area contributed by atoms with Gasteiger partial charge < -0.3 is 14.6 Å². The molecule has 0 saturated carbocycles. The lowest BCUT2D eigenvalue weighted by molar-refractivity contribution is -0.179. The maximum absolute atomic E-state index is 9.18. The first-order valence-electron chi connectivity index (χ1n) is 6.31. The van der Waals surface area contributed by atoms with Crippen molar-refractivity contribution in [1.82, 2.24) is 0 Å². The zero-order valence-corrected chi connectivity index (χ0v) is 11.1. The van der Waals surface area contributed by atoms with Crippen molar-refractivity contribution in [3.05, 3.63) is 54.6 Å². The van der Waals surface area contributed by atoms with Crippen LogP contribution in [0, 0.1) is 0 Å². The zero-order chi connectivity index (χ0) is 13.7. The molecule has 0 aliphatic carbocycles. The van der Waals surface area contributed by atoms with E-state index in [0.29, 0.717) is 0 Å². The van der Waals surface area contributed by atoms with E-state index >= 15 is 0 Å². The minimum Gasteiger partial charge on any atom is -0.465 e. The van der Waals surface area contributed by atoms with E-state index in [2.05, 4.69) is 0 Å². The summed E-state index contributed by atoms with van der Waals surface area (Å²) in [6.07, 6.45) is -1.36. The Kier molecular flexibility index (Phi) is 4.55. The largest absolute Gasteiger partial charge is 0.465 e. The summed E-state index contributed by atoms with van der Waals surface area (Å²) in [4.78, 5) is 0. The Balaban J connectivity index is 2.22. The van der Waals surface area contributed by atoms with Gasteiger partial charge in [-0.3, -0.25) is 0 Å². The number of aliphatic hydroxyl groups is 1. The fourth-order valence-corrected chi connectivity index (χ4v) is 1.91. The second-order valence-electron chi connectivity index (χ2n) is 4.28. The van der Waals surface area contributed by atoms with Crippen LogP contribution < -0.4 is 4.74 Å². The number of rotatable bonds is 5. The molecule has 3 heteroatoms. The highest BCUT2D eigenvalue weighted by Crippen LogP contribution is 2.30. The maximum atomic E-state index is 9.18. The average molecular weight is 258 g/mol. The Bertz CT molecular complexity index is 508. The number of aliphatic hydroxyl groups excluding tert-OH is 1. The van der Waals surface area contributed by atoms with E-state index in [4.69, 9.17) is 9.47 Å². The summed E-state index contributed by atoms with van der Waals surface area (Å²) in [5, 5.41) is 9.18. The number of ether oxygens (including phenoxy) is 2. The van der Waals surface area contributed by atoms with E-state index < -0.39 is 12.6 Å². The number of hydrogen-bond acceptors (Lipinski definition) is 3. The van der Waals surface area contributed by atoms with Gasteiger partial charge in [-0.1, -0.05) is 48.5 Å². The topological polar surface area (TPSA) is 38.7 Å². The van der Waals surface area contributed by atoms with Gasteiger partial charge in [0.15, 0.2) is 12.6 Å². The van der Waals surface area contributed by atoms with Gasteiger partial charge in [-0.15, -0.1) is 0 Å². The SMILES string of the molecule is CC(O)OC(C)Oc1ccccc1-c1ccccc1. The highest BCUT2D eigenvalue weighted by atomic mass is 16.7. The normalized spacial score (nSPS) is 13.8. The maximum Gasteiger partial charge on any atom is 0.199 e. The monoisotopic (exact) mass is 258 g/mol. The number of para-hydroxylation sites is 1. The van der Waals surface area contributed by atoms with Crippen molar-refractivity contribution in [2.24, 2.45) is 0 Å². The lowest BCUT2D eigenvalue weighted by Gasteiger charge is -2.19. The van der Waals surface area contributed by atoms with Gasteiger partial charge >= 0.3 is 0 Å². The van der Waals surface area contributed by atoms with Crippen molar-refractivity contribution in [2.75, 3.05) is 0 Å². The first-order chi connectivity index (χ1) is 9.16. The summed E-state index contributed by atoms with van der Waals surface area (Å²) in [6.45, 7) is 3.32. The Morgan fingerprint density at radius 2 is 1.53 bits per heavy atom. The standard InChI is InChI=1S/C16H18O3/c1-12(17)18-13(2)19-16-11-7-6-10-15(16)14-8-4-3-5-9-14/h3-13,17H,1-2H3. The predicted molar refractivity (Wildman–Crippen MR) is 74.7 cm³/mol. The molecule has 0 aliphatic rings. The highest BCUT2D eigenvalue weighted by molar-refractivity contribution is 5.70. The van der Waals surface area contributed by atoms with E-state index in [1.54, 1.807) is 13.8 Å². The Morgan fingerprint density at radius 1 is 0.895 bits per heavy atom. The highest BCUT2D eigenvalue weighted by Gasteiger charge is 2.11. The summed E-state index contributed by atoms with van der Waals surface area (Å²) >= 11 is 0. The minimum absolute atomic E-state index is 0.509. The van der Waals surface area contributed by atoms with Crippen molar-refractivity contribution >= 4 is 0 Å². The lowest BCUT2D eigenvalue weighted by atomic mass is 10.1. The molecule has 19 heavy (non-hydrogen) atoms. The molecule has 0 amide bonds. The third kappa shape index (κ3) is 3.81. The van der Waals surface area contributed by atoms with E-state index in [0.717, 1.165) is 16.9 Å². The predicted octanol–water partition coefficient (Wildman–Crippen LogP) is 3.43. The molecule has 0 aliphatic heterocycles.